The Morgan fingerprint density at radius 3 is 2.49 bits per heavy atom. The van der Waals surface area contributed by atoms with Crippen LogP contribution in [0.3, 0.4) is 0 Å². The Labute approximate surface area is 237 Å². The van der Waals surface area contributed by atoms with Gasteiger partial charge in [0.1, 0.15) is 12.2 Å². The molecule has 2 aromatic carbocycles. The van der Waals surface area contributed by atoms with Crippen LogP contribution in [0.25, 0.3) is 0 Å². The van der Waals surface area contributed by atoms with Crippen LogP contribution in [0.5, 0.6) is 0 Å². The normalized spacial score (nSPS) is 23.3. The van der Waals surface area contributed by atoms with E-state index in [1.807, 2.05) is 37.3 Å². The number of halogens is 2. The van der Waals surface area contributed by atoms with E-state index in [-0.39, 0.29) is 30.7 Å². The molecule has 3 aliphatic rings. The van der Waals surface area contributed by atoms with Gasteiger partial charge in [-0.2, -0.15) is 4.39 Å². The summed E-state index contributed by atoms with van der Waals surface area (Å²) in [6, 6.07) is 17.9. The van der Waals surface area contributed by atoms with Gasteiger partial charge in [0.2, 0.25) is 23.7 Å². The van der Waals surface area contributed by atoms with Crippen molar-refractivity contribution in [1.82, 2.24) is 15.2 Å². The maximum Gasteiger partial charge on any atom is 0.243 e. The van der Waals surface area contributed by atoms with Gasteiger partial charge in [-0.1, -0.05) is 61.5 Å². The summed E-state index contributed by atoms with van der Waals surface area (Å²) in [5.41, 5.74) is 2.83. The van der Waals surface area contributed by atoms with E-state index in [1.54, 1.807) is 43.4 Å². The van der Waals surface area contributed by atoms with Crippen molar-refractivity contribution in [3.63, 3.8) is 0 Å². The summed E-state index contributed by atoms with van der Waals surface area (Å²) in [7, 11) is 1.66. The molecule has 3 aromatic rings. The molecule has 1 aliphatic carbocycles. The number of hydrogen-bond donors (Lipinski definition) is 1. The molecule has 2 fully saturated rings. The number of amides is 3. The number of alkyl halides is 1. The number of anilines is 1. The average Bonchev–Trinajstić information content (AvgIpc) is 3.52. The zero-order valence-electron chi connectivity index (χ0n) is 23.0. The smallest absolute Gasteiger partial charge is 0.243 e. The summed E-state index contributed by atoms with van der Waals surface area (Å²) in [4.78, 5) is 47.1. The number of likely N-dealkylation sites (N-methyl/N-ethyl adjacent to an activating group) is 1. The van der Waals surface area contributed by atoms with Gasteiger partial charge in [-0.15, -0.1) is 0 Å². The van der Waals surface area contributed by atoms with Crippen molar-refractivity contribution in [1.29, 1.82) is 0 Å². The third kappa shape index (κ3) is 4.98. The Hall–Kier alpha value is -4.14. The van der Waals surface area contributed by atoms with Gasteiger partial charge < -0.3 is 15.1 Å². The second-order valence-electron chi connectivity index (χ2n) is 11.6. The zero-order chi connectivity index (χ0) is 28.9. The van der Waals surface area contributed by atoms with Crippen molar-refractivity contribution < 1.29 is 23.2 Å². The van der Waals surface area contributed by atoms with Crippen molar-refractivity contribution >= 4 is 23.4 Å². The molecular formula is C32H32F2N4O3. The molecule has 3 heterocycles. The second kappa shape index (κ2) is 10.4. The Balaban J connectivity index is 1.24. The number of hydrogen-bond acceptors (Lipinski definition) is 4. The van der Waals surface area contributed by atoms with E-state index in [9.17, 15) is 18.8 Å². The number of rotatable bonds is 7. The highest BCUT2D eigenvalue weighted by Crippen LogP contribution is 2.48. The van der Waals surface area contributed by atoms with Crippen LogP contribution >= 0.6 is 0 Å². The molecule has 0 radical (unpaired) electrons. The Morgan fingerprint density at radius 2 is 1.78 bits per heavy atom. The molecule has 3 amide bonds. The molecule has 1 N–H and O–H groups in total. The minimum absolute atomic E-state index is 0.159. The number of fused-ring (bicyclic) bond motifs is 1. The van der Waals surface area contributed by atoms with Crippen molar-refractivity contribution in [2.75, 3.05) is 18.5 Å². The fourth-order valence-electron chi connectivity index (χ4n) is 6.10. The predicted molar refractivity (Wildman–Crippen MR) is 149 cm³/mol. The highest BCUT2D eigenvalue weighted by molar-refractivity contribution is 6.06. The topological polar surface area (TPSA) is 82.6 Å². The molecule has 1 saturated carbocycles. The van der Waals surface area contributed by atoms with Crippen LogP contribution in [-0.2, 0) is 19.8 Å². The van der Waals surface area contributed by atoms with Crippen LogP contribution in [0.15, 0.2) is 66.7 Å². The van der Waals surface area contributed by atoms with Crippen LogP contribution in [-0.4, -0.2) is 53.4 Å². The fourth-order valence-corrected chi connectivity index (χ4v) is 6.10. The molecular weight excluding hydrogens is 526 g/mol. The van der Waals surface area contributed by atoms with E-state index < -0.39 is 41.9 Å². The van der Waals surface area contributed by atoms with E-state index in [2.05, 4.69) is 10.3 Å². The van der Waals surface area contributed by atoms with Gasteiger partial charge in [0.25, 0.3) is 0 Å². The van der Waals surface area contributed by atoms with Gasteiger partial charge in [-0.3, -0.25) is 14.4 Å². The largest absolute Gasteiger partial charge is 0.342 e. The minimum Gasteiger partial charge on any atom is -0.342 e. The van der Waals surface area contributed by atoms with Gasteiger partial charge in [-0.25, -0.2) is 9.37 Å². The second-order valence-corrected chi connectivity index (χ2v) is 11.6. The molecule has 4 atom stereocenters. The maximum atomic E-state index is 15.1. The summed E-state index contributed by atoms with van der Waals surface area (Å²) in [6.07, 6.45) is 0.0922. The quantitative estimate of drug-likeness (QED) is 0.431. The lowest BCUT2D eigenvalue weighted by molar-refractivity contribution is -0.139. The number of nitrogens with zero attached hydrogens (tertiary/aromatic N) is 3. The average molecular weight is 559 g/mol. The van der Waals surface area contributed by atoms with Crippen molar-refractivity contribution in [3.05, 3.63) is 95.1 Å². The fraction of sp³-hybridized carbons (Fsp3) is 0.375. The molecule has 1 saturated heterocycles. The third-order valence-electron chi connectivity index (χ3n) is 8.79. The number of likely N-dealkylation sites (tertiary alicyclic amines) is 1. The van der Waals surface area contributed by atoms with Gasteiger partial charge in [0.05, 0.1) is 24.2 Å². The van der Waals surface area contributed by atoms with Gasteiger partial charge >= 0.3 is 0 Å². The molecule has 1 aromatic heterocycles. The van der Waals surface area contributed by atoms with Crippen molar-refractivity contribution in [2.45, 2.75) is 62.2 Å². The SMILES string of the molecule is CN1C(=O)C(CC(=O)N2CC(F)CC2C(=O)NC(c2ccccc2)c2ccc(C3(C)CC3)c(F)n2)c2ccccc21. The molecule has 4 unspecified atom stereocenters. The third-order valence-corrected chi connectivity index (χ3v) is 8.79. The number of carbonyl (C=O) groups excluding carboxylic acids is 3. The molecule has 212 valence electrons. The van der Waals surface area contributed by atoms with Crippen LogP contribution in [0.2, 0.25) is 0 Å². The summed E-state index contributed by atoms with van der Waals surface area (Å²) >= 11 is 0. The van der Waals surface area contributed by atoms with E-state index >= 15 is 4.39 Å². The first-order valence-electron chi connectivity index (χ1n) is 14.0. The van der Waals surface area contributed by atoms with Crippen LogP contribution in [0, 0.1) is 5.95 Å². The summed E-state index contributed by atoms with van der Waals surface area (Å²) in [5.74, 6) is -2.48. The first-order chi connectivity index (χ1) is 19.7. The highest BCUT2D eigenvalue weighted by atomic mass is 19.1. The maximum absolute atomic E-state index is 15.1. The van der Waals surface area contributed by atoms with E-state index in [0.29, 0.717) is 16.8 Å². The standard InChI is InChI=1S/C32H32F2N4O3/c1-32(14-15-32)23-12-13-24(35-29(23)34)28(19-8-4-3-5-9-19)36-30(40)26-16-20(33)18-38(26)27(39)17-22-21-10-6-7-11-25(21)37(2)31(22)41/h3-13,20,22,26,28H,14-18H2,1-2H3,(H,36,40). The first-order valence-corrected chi connectivity index (χ1v) is 14.0. The lowest BCUT2D eigenvalue weighted by Crippen LogP contribution is -2.47. The number of para-hydroxylation sites is 1. The predicted octanol–water partition coefficient (Wildman–Crippen LogP) is 4.57. The van der Waals surface area contributed by atoms with Crippen LogP contribution in [0.4, 0.5) is 14.5 Å². The Morgan fingerprint density at radius 1 is 1.07 bits per heavy atom. The van der Waals surface area contributed by atoms with Gasteiger partial charge in [-0.05, 0) is 41.5 Å². The number of aromatic nitrogens is 1. The number of carbonyl (C=O) groups is 3. The van der Waals surface area contributed by atoms with E-state index in [0.717, 1.165) is 24.1 Å². The summed E-state index contributed by atoms with van der Waals surface area (Å²) < 4.78 is 29.8. The van der Waals surface area contributed by atoms with Crippen LogP contribution < -0.4 is 10.2 Å². The molecule has 9 heteroatoms. The number of pyridine rings is 1. The lowest BCUT2D eigenvalue weighted by atomic mass is 9.96. The first kappa shape index (κ1) is 27.1. The molecule has 0 bridgehead atoms. The summed E-state index contributed by atoms with van der Waals surface area (Å²) in [6.45, 7) is 1.77. The van der Waals surface area contributed by atoms with Crippen molar-refractivity contribution in [3.8, 4) is 0 Å². The minimum atomic E-state index is -1.38. The lowest BCUT2D eigenvalue weighted by Gasteiger charge is -2.27. The van der Waals surface area contributed by atoms with Crippen LogP contribution in [0.1, 0.15) is 67.0 Å². The van der Waals surface area contributed by atoms with Gasteiger partial charge in [0.15, 0.2) is 0 Å². The van der Waals surface area contributed by atoms with E-state index in [4.69, 9.17) is 0 Å². The molecule has 7 nitrogen and oxygen atoms in total. The Bertz CT molecular complexity index is 1510. The molecule has 41 heavy (non-hydrogen) atoms. The number of nitrogens with one attached hydrogen (secondary N) is 1. The summed E-state index contributed by atoms with van der Waals surface area (Å²) in [5, 5.41) is 2.92. The van der Waals surface area contributed by atoms with Gasteiger partial charge in [0, 0.05) is 31.1 Å². The highest BCUT2D eigenvalue weighted by Gasteiger charge is 2.44. The molecule has 0 spiro atoms. The zero-order valence-corrected chi connectivity index (χ0v) is 23.0. The number of benzene rings is 2. The molecule has 2 aliphatic heterocycles. The molecule has 6 rings (SSSR count). The Kier molecular flexibility index (Phi) is 6.83. The van der Waals surface area contributed by atoms with Crippen molar-refractivity contribution in [2.24, 2.45) is 0 Å². The monoisotopic (exact) mass is 558 g/mol. The van der Waals surface area contributed by atoms with E-state index in [1.165, 1.54) is 9.80 Å².